The number of aromatic nitrogens is 3. The molecular weight excluding hydrogens is 433 g/mol. The molecule has 6 nitrogen and oxygen atoms in total. The predicted molar refractivity (Wildman–Crippen MR) is 111 cm³/mol. The molecule has 2 N–H and O–H groups in total. The molecule has 2 aromatic carbocycles. The van der Waals surface area contributed by atoms with E-state index in [2.05, 4.69) is 15.4 Å². The first-order chi connectivity index (χ1) is 14.4. The zero-order valence-corrected chi connectivity index (χ0v) is 17.7. The first kappa shape index (κ1) is 22.6. The van der Waals surface area contributed by atoms with Gasteiger partial charge in [0, 0.05) is 17.5 Å². The quantitative estimate of drug-likeness (QED) is 0.609. The lowest BCUT2D eigenvalue weighted by molar-refractivity contribution is -0.137. The van der Waals surface area contributed by atoms with Crippen LogP contribution in [0, 0.1) is 5.41 Å². The van der Waals surface area contributed by atoms with Gasteiger partial charge in [0.2, 0.25) is 5.91 Å². The van der Waals surface area contributed by atoms with Crippen LogP contribution in [0.25, 0.3) is 17.1 Å². The molecule has 0 spiro atoms. The molecule has 1 heterocycles. The second kappa shape index (κ2) is 8.22. The number of aromatic amines is 1. The fourth-order valence-electron chi connectivity index (χ4n) is 2.75. The molecule has 0 saturated heterocycles. The summed E-state index contributed by atoms with van der Waals surface area (Å²) >= 11 is 6.25. The van der Waals surface area contributed by atoms with Gasteiger partial charge in [-0.25, -0.2) is 4.79 Å². The Morgan fingerprint density at radius 3 is 2.52 bits per heavy atom. The molecule has 1 aromatic heterocycles. The van der Waals surface area contributed by atoms with Crippen molar-refractivity contribution in [2.75, 3.05) is 0 Å². The second-order valence-electron chi connectivity index (χ2n) is 7.99. The number of carbonyl (C=O) groups excluding carboxylic acids is 1. The van der Waals surface area contributed by atoms with Gasteiger partial charge in [-0.05, 0) is 35.9 Å². The molecule has 3 rings (SSSR count). The third-order valence-electron chi connectivity index (χ3n) is 4.46. The van der Waals surface area contributed by atoms with E-state index in [1.165, 1.54) is 12.1 Å². The first-order valence-corrected chi connectivity index (χ1v) is 9.68. The maximum absolute atomic E-state index is 13.0. The van der Waals surface area contributed by atoms with E-state index in [0.29, 0.717) is 11.1 Å². The molecule has 0 bridgehead atoms. The number of hydrogen-bond acceptors (Lipinski definition) is 3. The highest BCUT2D eigenvalue weighted by atomic mass is 35.5. The number of carbonyl (C=O) groups is 1. The average Bonchev–Trinajstić information content (AvgIpc) is 3.07. The van der Waals surface area contributed by atoms with E-state index >= 15 is 0 Å². The summed E-state index contributed by atoms with van der Waals surface area (Å²) in [4.78, 5) is 27.0. The van der Waals surface area contributed by atoms with Crippen LogP contribution in [0.1, 0.15) is 31.9 Å². The van der Waals surface area contributed by atoms with Crippen molar-refractivity contribution in [3.05, 3.63) is 69.1 Å². The van der Waals surface area contributed by atoms with Crippen molar-refractivity contribution in [2.24, 2.45) is 5.41 Å². The molecule has 0 saturated carbocycles. The molecule has 31 heavy (non-hydrogen) atoms. The lowest BCUT2D eigenvalue weighted by atomic mass is 9.95. The molecule has 0 aliphatic rings. The van der Waals surface area contributed by atoms with E-state index in [-0.39, 0.29) is 29.0 Å². The SMILES string of the molecule is CC(C)(C)C(=O)NCc1ccc(Cl)c(-c2nn(-c3cccc(C(F)(F)F)c3)c(=O)[nH]2)c1. The van der Waals surface area contributed by atoms with Gasteiger partial charge in [-0.2, -0.15) is 17.9 Å². The topological polar surface area (TPSA) is 79.8 Å². The maximum atomic E-state index is 13.0. The predicted octanol–water partition coefficient (Wildman–Crippen LogP) is 4.56. The molecule has 0 atom stereocenters. The van der Waals surface area contributed by atoms with Gasteiger partial charge in [0.1, 0.15) is 0 Å². The van der Waals surface area contributed by atoms with Crippen molar-refractivity contribution in [2.45, 2.75) is 33.5 Å². The maximum Gasteiger partial charge on any atom is 0.416 e. The van der Waals surface area contributed by atoms with Crippen molar-refractivity contribution in [1.29, 1.82) is 0 Å². The number of nitrogens with zero attached hydrogens (tertiary/aromatic N) is 2. The van der Waals surface area contributed by atoms with Crippen molar-refractivity contribution in [1.82, 2.24) is 20.1 Å². The van der Waals surface area contributed by atoms with Gasteiger partial charge in [-0.15, -0.1) is 5.10 Å². The van der Waals surface area contributed by atoms with Crippen LogP contribution in [0.2, 0.25) is 5.02 Å². The number of rotatable bonds is 4. The van der Waals surface area contributed by atoms with E-state index < -0.39 is 22.8 Å². The zero-order chi connectivity index (χ0) is 23.0. The Morgan fingerprint density at radius 2 is 1.87 bits per heavy atom. The molecule has 0 aliphatic heterocycles. The first-order valence-electron chi connectivity index (χ1n) is 9.30. The highest BCUT2D eigenvalue weighted by molar-refractivity contribution is 6.33. The fourth-order valence-corrected chi connectivity index (χ4v) is 2.95. The Balaban J connectivity index is 1.93. The molecule has 0 fully saturated rings. The van der Waals surface area contributed by atoms with Gasteiger partial charge < -0.3 is 5.32 Å². The summed E-state index contributed by atoms with van der Waals surface area (Å²) in [5.74, 6) is -0.0392. The lowest BCUT2D eigenvalue weighted by Gasteiger charge is -2.17. The number of nitrogens with one attached hydrogen (secondary N) is 2. The second-order valence-corrected chi connectivity index (χ2v) is 8.39. The van der Waals surface area contributed by atoms with Gasteiger partial charge in [-0.1, -0.05) is 44.5 Å². The summed E-state index contributed by atoms with van der Waals surface area (Å²) in [5, 5.41) is 7.22. The number of amides is 1. The van der Waals surface area contributed by atoms with Crippen LogP contribution in [0.5, 0.6) is 0 Å². The lowest BCUT2D eigenvalue weighted by Crippen LogP contribution is -2.34. The molecule has 1 amide bonds. The number of hydrogen-bond donors (Lipinski definition) is 2. The largest absolute Gasteiger partial charge is 0.416 e. The summed E-state index contributed by atoms with van der Waals surface area (Å²) in [5.41, 5.74) is -1.09. The van der Waals surface area contributed by atoms with Crippen molar-refractivity contribution in [3.63, 3.8) is 0 Å². The Morgan fingerprint density at radius 1 is 1.16 bits per heavy atom. The van der Waals surface area contributed by atoms with Crippen LogP contribution < -0.4 is 11.0 Å². The number of halogens is 4. The monoisotopic (exact) mass is 452 g/mol. The van der Waals surface area contributed by atoms with Gasteiger partial charge in [0.05, 0.1) is 16.3 Å². The normalized spacial score (nSPS) is 12.1. The van der Waals surface area contributed by atoms with E-state index in [0.717, 1.165) is 16.8 Å². The van der Waals surface area contributed by atoms with Gasteiger partial charge in [-0.3, -0.25) is 9.78 Å². The summed E-state index contributed by atoms with van der Waals surface area (Å²) < 4.78 is 39.8. The molecular formula is C21H20ClF3N4O2. The molecule has 3 aromatic rings. The van der Waals surface area contributed by atoms with Crippen LogP contribution in [0.4, 0.5) is 13.2 Å². The number of alkyl halides is 3. The van der Waals surface area contributed by atoms with Gasteiger partial charge in [0.15, 0.2) is 5.82 Å². The molecule has 0 aliphatic carbocycles. The smallest absolute Gasteiger partial charge is 0.352 e. The van der Waals surface area contributed by atoms with Crippen LogP contribution in [-0.4, -0.2) is 20.7 Å². The van der Waals surface area contributed by atoms with Crippen LogP contribution in [0.15, 0.2) is 47.3 Å². The van der Waals surface area contributed by atoms with Crippen molar-refractivity contribution < 1.29 is 18.0 Å². The molecule has 164 valence electrons. The van der Waals surface area contributed by atoms with Crippen molar-refractivity contribution in [3.8, 4) is 17.1 Å². The summed E-state index contributed by atoms with van der Waals surface area (Å²) in [7, 11) is 0. The van der Waals surface area contributed by atoms with Crippen LogP contribution in [-0.2, 0) is 17.5 Å². The minimum Gasteiger partial charge on any atom is -0.352 e. The van der Waals surface area contributed by atoms with E-state index in [1.54, 1.807) is 39.0 Å². The number of benzene rings is 2. The summed E-state index contributed by atoms with van der Waals surface area (Å²) in [6.07, 6.45) is -4.55. The third kappa shape index (κ3) is 5.16. The zero-order valence-electron chi connectivity index (χ0n) is 17.0. The van der Waals surface area contributed by atoms with Gasteiger partial charge in [0.25, 0.3) is 0 Å². The Bertz CT molecular complexity index is 1180. The van der Waals surface area contributed by atoms with E-state index in [4.69, 9.17) is 11.6 Å². The third-order valence-corrected chi connectivity index (χ3v) is 4.79. The highest BCUT2D eigenvalue weighted by Crippen LogP contribution is 2.30. The standard InChI is InChI=1S/C21H20ClF3N4O2/c1-20(2,3)18(30)26-11-12-7-8-16(22)15(9-12)17-27-19(31)29(28-17)14-6-4-5-13(10-14)21(23,24)25/h4-10H,11H2,1-3H3,(H,26,30)(H,27,28,31). The number of H-pyrrole nitrogens is 1. The Kier molecular flexibility index (Phi) is 6.00. The molecule has 0 radical (unpaired) electrons. The minimum absolute atomic E-state index is 0.0351. The van der Waals surface area contributed by atoms with Gasteiger partial charge >= 0.3 is 11.9 Å². The van der Waals surface area contributed by atoms with E-state index in [1.807, 2.05) is 0 Å². The van der Waals surface area contributed by atoms with E-state index in [9.17, 15) is 22.8 Å². The van der Waals surface area contributed by atoms with Crippen LogP contribution >= 0.6 is 11.6 Å². The molecule has 0 unspecified atom stereocenters. The highest BCUT2D eigenvalue weighted by Gasteiger charge is 2.30. The average molecular weight is 453 g/mol. The van der Waals surface area contributed by atoms with Crippen molar-refractivity contribution >= 4 is 17.5 Å². The Labute approximate surface area is 181 Å². The Hall–Kier alpha value is -3.07. The summed E-state index contributed by atoms with van der Waals surface area (Å²) in [6, 6.07) is 9.26. The fraction of sp³-hybridized carbons (Fsp3) is 0.286. The summed E-state index contributed by atoms with van der Waals surface area (Å²) in [6.45, 7) is 5.61. The van der Waals surface area contributed by atoms with Crippen LogP contribution in [0.3, 0.4) is 0 Å². The molecule has 10 heteroatoms. The minimum atomic E-state index is -4.55.